The van der Waals surface area contributed by atoms with Crippen LogP contribution in [0.4, 0.5) is 17.1 Å². The predicted octanol–water partition coefficient (Wildman–Crippen LogP) is 2.95. The molecule has 2 fully saturated rings. The molecule has 0 aliphatic carbocycles. The number of hydrogen-bond donors (Lipinski definition) is 0. The van der Waals surface area contributed by atoms with Crippen LogP contribution in [0.2, 0.25) is 5.02 Å². The van der Waals surface area contributed by atoms with E-state index >= 15 is 0 Å². The summed E-state index contributed by atoms with van der Waals surface area (Å²) in [6, 6.07) is 13.6. The second-order valence-electron chi connectivity index (χ2n) is 7.44. The van der Waals surface area contributed by atoms with Crippen LogP contribution in [0.5, 0.6) is 0 Å². The highest BCUT2D eigenvalue weighted by Gasteiger charge is 2.38. The van der Waals surface area contributed by atoms with Crippen molar-refractivity contribution in [2.24, 2.45) is 5.92 Å². The molecule has 0 spiro atoms. The van der Waals surface area contributed by atoms with Crippen molar-refractivity contribution in [3.63, 3.8) is 0 Å². The minimum Gasteiger partial charge on any atom is -0.368 e. The lowest BCUT2D eigenvalue weighted by molar-refractivity contribution is -0.384. The van der Waals surface area contributed by atoms with Crippen LogP contribution in [0, 0.1) is 16.0 Å². The molecule has 9 heteroatoms. The summed E-state index contributed by atoms with van der Waals surface area (Å²) in [6.45, 7) is 2.71. The molecule has 0 aromatic heterocycles. The summed E-state index contributed by atoms with van der Waals surface area (Å²) in [4.78, 5) is 41.3. The summed E-state index contributed by atoms with van der Waals surface area (Å²) >= 11 is 6.21. The van der Waals surface area contributed by atoms with Gasteiger partial charge in [-0.3, -0.25) is 19.7 Å². The van der Waals surface area contributed by atoms with Crippen molar-refractivity contribution in [3.8, 4) is 0 Å². The van der Waals surface area contributed by atoms with Gasteiger partial charge in [-0.25, -0.2) is 0 Å². The van der Waals surface area contributed by atoms with Crippen LogP contribution in [0.25, 0.3) is 0 Å². The van der Waals surface area contributed by atoms with Crippen LogP contribution in [-0.2, 0) is 9.59 Å². The first kappa shape index (κ1) is 20.2. The topological polar surface area (TPSA) is 87.0 Å². The molecule has 2 saturated heterocycles. The Morgan fingerprint density at radius 1 is 1.03 bits per heavy atom. The number of non-ortho nitro benzene ring substituents is 1. The highest BCUT2D eigenvalue weighted by Crippen LogP contribution is 2.32. The van der Waals surface area contributed by atoms with E-state index in [-0.39, 0.29) is 29.8 Å². The highest BCUT2D eigenvalue weighted by molar-refractivity contribution is 6.33. The average molecular weight is 429 g/mol. The standard InChI is InChI=1S/C21H21ClN4O4/c22-18-3-1-2-4-19(18)25-14-15(13-20(25)27)21(28)24-11-9-23(10-12-24)16-5-7-17(8-6-16)26(29)30/h1-8,15H,9-14H2/t15-/m0/s1. The largest absolute Gasteiger partial charge is 0.368 e. The van der Waals surface area contributed by atoms with Crippen molar-refractivity contribution in [1.82, 2.24) is 4.90 Å². The summed E-state index contributed by atoms with van der Waals surface area (Å²) in [7, 11) is 0. The number of piperazine rings is 1. The lowest BCUT2D eigenvalue weighted by Gasteiger charge is -2.37. The van der Waals surface area contributed by atoms with E-state index < -0.39 is 4.92 Å². The fraction of sp³-hybridized carbons (Fsp3) is 0.333. The number of para-hydroxylation sites is 1. The number of carbonyl (C=O) groups is 2. The quantitative estimate of drug-likeness (QED) is 0.552. The van der Waals surface area contributed by atoms with Crippen LogP contribution >= 0.6 is 11.6 Å². The molecule has 156 valence electrons. The molecular weight excluding hydrogens is 408 g/mol. The minimum absolute atomic E-state index is 0.0127. The summed E-state index contributed by atoms with van der Waals surface area (Å²) in [6.07, 6.45) is 0.187. The van der Waals surface area contributed by atoms with E-state index in [1.54, 1.807) is 40.1 Å². The number of anilines is 2. The third-order valence-corrected chi connectivity index (χ3v) is 5.95. The fourth-order valence-electron chi connectivity index (χ4n) is 4.00. The van der Waals surface area contributed by atoms with Gasteiger partial charge in [0.25, 0.3) is 5.69 Å². The summed E-state index contributed by atoms with van der Waals surface area (Å²) in [5.41, 5.74) is 1.60. The molecule has 0 unspecified atom stereocenters. The Kier molecular flexibility index (Phi) is 5.59. The number of benzene rings is 2. The van der Waals surface area contributed by atoms with E-state index in [2.05, 4.69) is 4.90 Å². The van der Waals surface area contributed by atoms with Crippen molar-refractivity contribution in [1.29, 1.82) is 0 Å². The monoisotopic (exact) mass is 428 g/mol. The van der Waals surface area contributed by atoms with E-state index in [0.29, 0.717) is 43.4 Å². The normalized spacial score (nSPS) is 19.3. The smallest absolute Gasteiger partial charge is 0.269 e. The van der Waals surface area contributed by atoms with Gasteiger partial charge in [-0.2, -0.15) is 0 Å². The van der Waals surface area contributed by atoms with Gasteiger partial charge >= 0.3 is 0 Å². The van der Waals surface area contributed by atoms with Gasteiger partial charge in [-0.1, -0.05) is 23.7 Å². The molecule has 2 heterocycles. The van der Waals surface area contributed by atoms with Gasteiger partial charge < -0.3 is 14.7 Å². The van der Waals surface area contributed by atoms with Crippen LogP contribution in [0.15, 0.2) is 48.5 Å². The zero-order valence-corrected chi connectivity index (χ0v) is 17.0. The first-order valence-corrected chi connectivity index (χ1v) is 10.1. The predicted molar refractivity (Wildman–Crippen MR) is 114 cm³/mol. The molecule has 2 aliphatic heterocycles. The number of rotatable bonds is 4. The molecule has 0 N–H and O–H groups in total. The van der Waals surface area contributed by atoms with Crippen molar-refractivity contribution in [3.05, 3.63) is 63.7 Å². The lowest BCUT2D eigenvalue weighted by Crippen LogP contribution is -2.50. The first-order chi connectivity index (χ1) is 14.4. The maximum atomic E-state index is 13.0. The minimum atomic E-state index is -0.421. The maximum absolute atomic E-state index is 13.0. The van der Waals surface area contributed by atoms with E-state index in [4.69, 9.17) is 11.6 Å². The number of halogens is 1. The number of amides is 2. The van der Waals surface area contributed by atoms with E-state index in [0.717, 1.165) is 5.69 Å². The number of nitro groups is 1. The third-order valence-electron chi connectivity index (χ3n) is 5.63. The molecule has 2 aromatic carbocycles. The maximum Gasteiger partial charge on any atom is 0.269 e. The van der Waals surface area contributed by atoms with Gasteiger partial charge in [0.1, 0.15) is 0 Å². The van der Waals surface area contributed by atoms with Crippen LogP contribution in [-0.4, -0.2) is 54.4 Å². The molecule has 8 nitrogen and oxygen atoms in total. The molecule has 4 rings (SSSR count). The Morgan fingerprint density at radius 3 is 2.33 bits per heavy atom. The number of carbonyl (C=O) groups excluding carboxylic acids is 2. The summed E-state index contributed by atoms with van der Waals surface area (Å²) in [5, 5.41) is 11.3. The molecule has 0 saturated carbocycles. The Labute approximate surface area is 178 Å². The van der Waals surface area contributed by atoms with Crippen LogP contribution in [0.3, 0.4) is 0 Å². The molecular formula is C21H21ClN4O4. The fourth-order valence-corrected chi connectivity index (χ4v) is 4.24. The van der Waals surface area contributed by atoms with Crippen molar-refractivity contribution >= 4 is 40.5 Å². The van der Waals surface area contributed by atoms with E-state index in [1.807, 2.05) is 6.07 Å². The number of hydrogen-bond acceptors (Lipinski definition) is 5. The molecule has 1 atom stereocenters. The summed E-state index contributed by atoms with van der Waals surface area (Å²) in [5.74, 6) is -0.480. The van der Waals surface area contributed by atoms with Crippen molar-refractivity contribution in [2.45, 2.75) is 6.42 Å². The Bertz CT molecular complexity index is 973. The lowest BCUT2D eigenvalue weighted by atomic mass is 10.1. The van der Waals surface area contributed by atoms with Gasteiger partial charge in [0.15, 0.2) is 0 Å². The van der Waals surface area contributed by atoms with Crippen LogP contribution in [0.1, 0.15) is 6.42 Å². The van der Waals surface area contributed by atoms with Crippen molar-refractivity contribution < 1.29 is 14.5 Å². The Balaban J connectivity index is 1.36. The molecule has 30 heavy (non-hydrogen) atoms. The van der Waals surface area contributed by atoms with Gasteiger partial charge in [-0.15, -0.1) is 0 Å². The Hall–Kier alpha value is -3.13. The molecule has 2 aliphatic rings. The second-order valence-corrected chi connectivity index (χ2v) is 7.85. The van der Waals surface area contributed by atoms with Crippen molar-refractivity contribution in [2.75, 3.05) is 42.5 Å². The van der Waals surface area contributed by atoms with Gasteiger partial charge in [-0.05, 0) is 24.3 Å². The van der Waals surface area contributed by atoms with E-state index in [9.17, 15) is 19.7 Å². The zero-order chi connectivity index (χ0) is 21.3. The first-order valence-electron chi connectivity index (χ1n) is 9.77. The highest BCUT2D eigenvalue weighted by atomic mass is 35.5. The average Bonchev–Trinajstić information content (AvgIpc) is 3.15. The summed E-state index contributed by atoms with van der Waals surface area (Å²) < 4.78 is 0. The van der Waals surface area contributed by atoms with Gasteiger partial charge in [0.2, 0.25) is 11.8 Å². The van der Waals surface area contributed by atoms with Gasteiger partial charge in [0.05, 0.1) is 21.6 Å². The molecule has 0 bridgehead atoms. The third kappa shape index (κ3) is 3.95. The van der Waals surface area contributed by atoms with E-state index in [1.165, 1.54) is 12.1 Å². The zero-order valence-electron chi connectivity index (χ0n) is 16.2. The Morgan fingerprint density at radius 2 is 1.70 bits per heavy atom. The molecule has 2 amide bonds. The second kappa shape index (κ2) is 8.31. The number of nitrogens with zero attached hydrogens (tertiary/aromatic N) is 4. The molecule has 0 radical (unpaired) electrons. The van der Waals surface area contributed by atoms with Gasteiger partial charge in [0, 0.05) is 57.0 Å². The number of nitro benzene ring substituents is 1. The van der Waals surface area contributed by atoms with Crippen LogP contribution < -0.4 is 9.80 Å². The molecule has 2 aromatic rings. The SMILES string of the molecule is O=C([C@H]1CC(=O)N(c2ccccc2Cl)C1)N1CCN(c2ccc([N+](=O)[O-])cc2)CC1.